The summed E-state index contributed by atoms with van der Waals surface area (Å²) in [6, 6.07) is 0. The molecule has 0 aromatic carbocycles. The summed E-state index contributed by atoms with van der Waals surface area (Å²) in [7, 11) is 0. The van der Waals surface area contributed by atoms with E-state index in [1.165, 1.54) is 32.1 Å². The first kappa shape index (κ1) is 9.51. The summed E-state index contributed by atoms with van der Waals surface area (Å²) >= 11 is 0. The zero-order valence-corrected chi connectivity index (χ0v) is 8.65. The zero-order chi connectivity index (χ0) is 9.64. The van der Waals surface area contributed by atoms with Crippen molar-refractivity contribution in [3.8, 4) is 0 Å². The maximum absolute atomic E-state index is 2.36. The van der Waals surface area contributed by atoms with Crippen LogP contribution in [-0.2, 0) is 0 Å². The smallest absolute Gasteiger partial charge is 0.00141 e. The van der Waals surface area contributed by atoms with E-state index >= 15 is 0 Å². The van der Waals surface area contributed by atoms with Crippen molar-refractivity contribution in [2.45, 2.75) is 32.1 Å². The molecule has 1 atom stereocenters. The van der Waals surface area contributed by atoms with Crippen LogP contribution in [0.5, 0.6) is 0 Å². The second kappa shape index (κ2) is 4.99. The van der Waals surface area contributed by atoms with Crippen LogP contribution in [0.15, 0.2) is 48.1 Å². The molecule has 0 aliphatic heterocycles. The predicted octanol–water partition coefficient (Wildman–Crippen LogP) is 4.18. The Morgan fingerprint density at radius 2 is 1.93 bits per heavy atom. The first-order valence-corrected chi connectivity index (χ1v) is 5.66. The maximum atomic E-state index is 2.36. The van der Waals surface area contributed by atoms with Gasteiger partial charge >= 0.3 is 0 Å². The van der Waals surface area contributed by atoms with E-state index in [0.717, 1.165) is 0 Å². The molecule has 0 aromatic heterocycles. The minimum absolute atomic E-state index is 0.688. The molecule has 0 amide bonds. The van der Waals surface area contributed by atoms with Crippen LogP contribution in [-0.4, -0.2) is 0 Å². The highest BCUT2D eigenvalue weighted by Crippen LogP contribution is 2.27. The lowest BCUT2D eigenvalue weighted by molar-refractivity contribution is 0.644. The van der Waals surface area contributed by atoms with Gasteiger partial charge in [0.05, 0.1) is 0 Å². The van der Waals surface area contributed by atoms with Crippen molar-refractivity contribution >= 4 is 0 Å². The Hall–Kier alpha value is -1.04. The lowest BCUT2D eigenvalue weighted by atomic mass is 9.91. The Labute approximate surface area is 86.7 Å². The van der Waals surface area contributed by atoms with E-state index in [2.05, 4.69) is 42.5 Å². The topological polar surface area (TPSA) is 0 Å². The van der Waals surface area contributed by atoms with Gasteiger partial charge in [0.1, 0.15) is 0 Å². The molecular weight excluding hydrogens is 168 g/mol. The number of allylic oxidation sites excluding steroid dienone is 8. The van der Waals surface area contributed by atoms with E-state index in [1.54, 1.807) is 5.57 Å². The molecule has 0 radical (unpaired) electrons. The lowest BCUT2D eigenvalue weighted by Crippen LogP contribution is -2.00. The Morgan fingerprint density at radius 3 is 2.93 bits per heavy atom. The summed E-state index contributed by atoms with van der Waals surface area (Å²) in [6.07, 6.45) is 22.2. The van der Waals surface area contributed by atoms with Crippen molar-refractivity contribution in [1.29, 1.82) is 0 Å². The van der Waals surface area contributed by atoms with Crippen LogP contribution in [0.4, 0.5) is 0 Å². The molecule has 0 spiro atoms. The van der Waals surface area contributed by atoms with E-state index in [-0.39, 0.29) is 0 Å². The van der Waals surface area contributed by atoms with Gasteiger partial charge in [-0.15, -0.1) is 0 Å². The van der Waals surface area contributed by atoms with E-state index < -0.39 is 0 Å². The largest absolute Gasteiger partial charge is 0.0845 e. The first-order chi connectivity index (χ1) is 6.97. The Morgan fingerprint density at radius 1 is 1.00 bits per heavy atom. The van der Waals surface area contributed by atoms with Crippen molar-refractivity contribution in [2.75, 3.05) is 0 Å². The van der Waals surface area contributed by atoms with Crippen LogP contribution in [0.3, 0.4) is 0 Å². The van der Waals surface area contributed by atoms with Crippen LogP contribution >= 0.6 is 0 Å². The first-order valence-electron chi connectivity index (χ1n) is 5.66. The third-order valence-electron chi connectivity index (χ3n) is 2.99. The average Bonchev–Trinajstić information content (AvgIpc) is 2.62. The normalized spacial score (nSPS) is 26.9. The van der Waals surface area contributed by atoms with Gasteiger partial charge in [-0.05, 0) is 38.0 Å². The molecule has 0 heteroatoms. The minimum atomic E-state index is 0.688. The number of hydrogen-bond donors (Lipinski definition) is 0. The van der Waals surface area contributed by atoms with Crippen LogP contribution < -0.4 is 0 Å². The minimum Gasteiger partial charge on any atom is -0.0845 e. The van der Waals surface area contributed by atoms with E-state index in [4.69, 9.17) is 0 Å². The van der Waals surface area contributed by atoms with Crippen molar-refractivity contribution < 1.29 is 0 Å². The Bertz CT molecular complexity index is 289. The van der Waals surface area contributed by atoms with Gasteiger partial charge in [-0.2, -0.15) is 0 Å². The van der Waals surface area contributed by atoms with Gasteiger partial charge in [0.15, 0.2) is 0 Å². The third kappa shape index (κ3) is 2.47. The van der Waals surface area contributed by atoms with Gasteiger partial charge in [0.25, 0.3) is 0 Å². The zero-order valence-electron chi connectivity index (χ0n) is 8.65. The summed E-state index contributed by atoms with van der Waals surface area (Å²) in [5.74, 6) is 0.688. The molecule has 0 bridgehead atoms. The molecule has 0 saturated heterocycles. The quantitative estimate of drug-likeness (QED) is 0.576. The fourth-order valence-corrected chi connectivity index (χ4v) is 2.16. The summed E-state index contributed by atoms with van der Waals surface area (Å²) in [5.41, 5.74) is 1.62. The monoisotopic (exact) mass is 186 g/mol. The summed E-state index contributed by atoms with van der Waals surface area (Å²) in [4.78, 5) is 0. The molecule has 1 unspecified atom stereocenters. The molecule has 0 aromatic rings. The van der Waals surface area contributed by atoms with Crippen LogP contribution in [0.25, 0.3) is 0 Å². The van der Waals surface area contributed by atoms with Crippen LogP contribution in [0.2, 0.25) is 0 Å². The molecule has 2 aliphatic rings. The predicted molar refractivity (Wildman–Crippen MR) is 62.1 cm³/mol. The molecule has 0 N–H and O–H groups in total. The molecule has 14 heavy (non-hydrogen) atoms. The highest BCUT2D eigenvalue weighted by atomic mass is 14.2. The van der Waals surface area contributed by atoms with E-state index in [9.17, 15) is 0 Å². The maximum Gasteiger partial charge on any atom is -0.00141 e. The van der Waals surface area contributed by atoms with Gasteiger partial charge in [-0.25, -0.2) is 0 Å². The van der Waals surface area contributed by atoms with Crippen molar-refractivity contribution in [2.24, 2.45) is 5.92 Å². The Kier molecular flexibility index (Phi) is 3.39. The van der Waals surface area contributed by atoms with Crippen molar-refractivity contribution in [3.05, 3.63) is 48.1 Å². The highest BCUT2D eigenvalue weighted by molar-refractivity contribution is 5.23. The second-order valence-corrected chi connectivity index (χ2v) is 4.06. The Balaban J connectivity index is 2.06. The summed E-state index contributed by atoms with van der Waals surface area (Å²) in [6.45, 7) is 0. The molecule has 2 rings (SSSR count). The van der Waals surface area contributed by atoms with Crippen LogP contribution in [0, 0.1) is 5.92 Å². The third-order valence-corrected chi connectivity index (χ3v) is 2.99. The molecular formula is C14H18. The number of rotatable bonds is 1. The summed E-state index contributed by atoms with van der Waals surface area (Å²) < 4.78 is 0. The standard InChI is InChI=1S/C14H18/c1-2-6-10-13(9-5-1)14-11-7-3-4-8-12-14/h1-3,5,7,9,11,13H,4,6,8,10,12H2. The van der Waals surface area contributed by atoms with Gasteiger partial charge in [-0.3, -0.25) is 0 Å². The van der Waals surface area contributed by atoms with Crippen molar-refractivity contribution in [3.63, 3.8) is 0 Å². The average molecular weight is 186 g/mol. The van der Waals surface area contributed by atoms with Gasteiger partial charge in [0.2, 0.25) is 0 Å². The summed E-state index contributed by atoms with van der Waals surface area (Å²) in [5, 5.41) is 0. The van der Waals surface area contributed by atoms with Gasteiger partial charge in [0, 0.05) is 0 Å². The molecule has 0 fully saturated rings. The lowest BCUT2D eigenvalue weighted by Gasteiger charge is -2.14. The fourth-order valence-electron chi connectivity index (χ4n) is 2.16. The highest BCUT2D eigenvalue weighted by Gasteiger charge is 2.11. The van der Waals surface area contributed by atoms with E-state index in [1.807, 2.05) is 0 Å². The molecule has 0 heterocycles. The van der Waals surface area contributed by atoms with Gasteiger partial charge in [-0.1, -0.05) is 48.1 Å². The molecule has 74 valence electrons. The van der Waals surface area contributed by atoms with Crippen LogP contribution in [0.1, 0.15) is 32.1 Å². The second-order valence-electron chi connectivity index (χ2n) is 4.06. The fraction of sp³-hybridized carbons (Fsp3) is 0.429. The molecule has 0 nitrogen and oxygen atoms in total. The van der Waals surface area contributed by atoms with Crippen molar-refractivity contribution in [1.82, 2.24) is 0 Å². The van der Waals surface area contributed by atoms with E-state index in [0.29, 0.717) is 5.92 Å². The molecule has 0 saturated carbocycles. The number of hydrogen-bond acceptors (Lipinski definition) is 0. The SMILES string of the molecule is C1=CCCCC(C2C=CC=CCC2)=C1. The molecule has 2 aliphatic carbocycles. The van der Waals surface area contributed by atoms with Gasteiger partial charge < -0.3 is 0 Å².